The van der Waals surface area contributed by atoms with Crippen LogP contribution < -0.4 is 0 Å². The maximum absolute atomic E-state index is 3.96. The van der Waals surface area contributed by atoms with Crippen LogP contribution in [0.3, 0.4) is 0 Å². The standard InChI is InChI=1S/C7H8N2/c1-2-3-4-7-8-5-6-9-7/h2-6H,1H2,(H,8,9). The van der Waals surface area contributed by atoms with E-state index in [1.807, 2.05) is 12.2 Å². The third-order valence-corrected chi connectivity index (χ3v) is 0.910. The predicted molar refractivity (Wildman–Crippen MR) is 37.8 cm³/mol. The van der Waals surface area contributed by atoms with E-state index in [2.05, 4.69) is 16.5 Å². The van der Waals surface area contributed by atoms with Crippen molar-refractivity contribution < 1.29 is 0 Å². The number of aromatic nitrogens is 2. The van der Waals surface area contributed by atoms with Gasteiger partial charge in [0.2, 0.25) is 0 Å². The number of aromatic amines is 1. The van der Waals surface area contributed by atoms with Crippen molar-refractivity contribution in [3.05, 3.63) is 36.9 Å². The highest BCUT2D eigenvalue weighted by molar-refractivity contribution is 5.41. The van der Waals surface area contributed by atoms with Crippen LogP contribution in [-0.2, 0) is 0 Å². The van der Waals surface area contributed by atoms with Crippen molar-refractivity contribution in [1.29, 1.82) is 0 Å². The van der Waals surface area contributed by atoms with Gasteiger partial charge >= 0.3 is 0 Å². The van der Waals surface area contributed by atoms with E-state index in [9.17, 15) is 0 Å². The van der Waals surface area contributed by atoms with Gasteiger partial charge in [0, 0.05) is 12.4 Å². The van der Waals surface area contributed by atoms with Gasteiger partial charge in [-0.1, -0.05) is 18.7 Å². The number of nitrogens with zero attached hydrogens (tertiary/aromatic N) is 1. The van der Waals surface area contributed by atoms with E-state index in [0.29, 0.717) is 0 Å². The van der Waals surface area contributed by atoms with Crippen LogP contribution in [0.25, 0.3) is 6.08 Å². The maximum atomic E-state index is 3.96. The molecule has 0 aromatic carbocycles. The molecule has 0 aliphatic heterocycles. The van der Waals surface area contributed by atoms with Crippen molar-refractivity contribution in [3.63, 3.8) is 0 Å². The molecular weight excluding hydrogens is 112 g/mol. The molecule has 0 radical (unpaired) electrons. The second-order valence-electron chi connectivity index (χ2n) is 1.57. The summed E-state index contributed by atoms with van der Waals surface area (Å²) < 4.78 is 0. The molecule has 0 atom stereocenters. The molecule has 9 heavy (non-hydrogen) atoms. The largest absolute Gasteiger partial charge is 0.345 e. The molecule has 2 nitrogen and oxygen atoms in total. The minimum absolute atomic E-state index is 0.856. The zero-order valence-corrected chi connectivity index (χ0v) is 5.04. The number of rotatable bonds is 2. The van der Waals surface area contributed by atoms with Crippen LogP contribution >= 0.6 is 0 Å². The van der Waals surface area contributed by atoms with Gasteiger partial charge < -0.3 is 4.98 Å². The number of nitrogens with one attached hydrogen (secondary N) is 1. The second kappa shape index (κ2) is 2.87. The van der Waals surface area contributed by atoms with Crippen LogP contribution in [0.2, 0.25) is 0 Å². The molecule has 0 bridgehead atoms. The molecule has 0 fully saturated rings. The van der Waals surface area contributed by atoms with E-state index in [0.717, 1.165) is 5.82 Å². The molecule has 46 valence electrons. The third-order valence-electron chi connectivity index (χ3n) is 0.910. The van der Waals surface area contributed by atoms with Crippen LogP contribution in [0.5, 0.6) is 0 Å². The van der Waals surface area contributed by atoms with Crippen molar-refractivity contribution >= 4 is 6.08 Å². The average molecular weight is 120 g/mol. The van der Waals surface area contributed by atoms with Crippen molar-refractivity contribution in [2.45, 2.75) is 0 Å². The Balaban J connectivity index is 2.67. The van der Waals surface area contributed by atoms with Crippen molar-refractivity contribution in [2.75, 3.05) is 0 Å². The SMILES string of the molecule is C=CC=Cc1ncc[nH]1. The smallest absolute Gasteiger partial charge is 0.129 e. The summed E-state index contributed by atoms with van der Waals surface area (Å²) in [7, 11) is 0. The molecule has 1 heterocycles. The number of hydrogen-bond donors (Lipinski definition) is 1. The summed E-state index contributed by atoms with van der Waals surface area (Å²) in [5.41, 5.74) is 0. The Morgan fingerprint density at radius 1 is 1.67 bits per heavy atom. The Hall–Kier alpha value is -1.31. The molecule has 0 unspecified atom stereocenters. The van der Waals surface area contributed by atoms with Gasteiger partial charge in [0.1, 0.15) is 5.82 Å². The minimum atomic E-state index is 0.856. The lowest BCUT2D eigenvalue weighted by molar-refractivity contribution is 1.26. The lowest BCUT2D eigenvalue weighted by atomic mass is 10.5. The molecule has 1 aromatic rings. The van der Waals surface area contributed by atoms with Crippen LogP contribution in [0, 0.1) is 0 Å². The Morgan fingerprint density at radius 3 is 3.11 bits per heavy atom. The molecule has 0 saturated heterocycles. The quantitative estimate of drug-likeness (QED) is 0.590. The fourth-order valence-corrected chi connectivity index (χ4v) is 0.528. The van der Waals surface area contributed by atoms with E-state index >= 15 is 0 Å². The zero-order chi connectivity index (χ0) is 6.53. The average Bonchev–Trinajstić information content (AvgIpc) is 2.34. The molecule has 0 amide bonds. The van der Waals surface area contributed by atoms with E-state index in [-0.39, 0.29) is 0 Å². The number of imidazole rings is 1. The first-order valence-corrected chi connectivity index (χ1v) is 2.72. The second-order valence-corrected chi connectivity index (χ2v) is 1.57. The summed E-state index contributed by atoms with van der Waals surface area (Å²) in [5.74, 6) is 0.856. The molecule has 0 aliphatic rings. The molecule has 0 spiro atoms. The predicted octanol–water partition coefficient (Wildman–Crippen LogP) is 1.61. The van der Waals surface area contributed by atoms with Crippen LogP contribution in [0.4, 0.5) is 0 Å². The summed E-state index contributed by atoms with van der Waals surface area (Å²) >= 11 is 0. The normalized spacial score (nSPS) is 10.2. The summed E-state index contributed by atoms with van der Waals surface area (Å²) in [6, 6.07) is 0. The van der Waals surface area contributed by atoms with Gasteiger partial charge in [-0.25, -0.2) is 4.98 Å². The van der Waals surface area contributed by atoms with E-state index in [4.69, 9.17) is 0 Å². The van der Waals surface area contributed by atoms with Gasteiger partial charge in [-0.2, -0.15) is 0 Å². The molecular formula is C7H8N2. The van der Waals surface area contributed by atoms with Crippen LogP contribution in [-0.4, -0.2) is 9.97 Å². The first-order chi connectivity index (χ1) is 4.43. The highest BCUT2D eigenvalue weighted by atomic mass is 14.9. The Morgan fingerprint density at radius 2 is 2.56 bits per heavy atom. The van der Waals surface area contributed by atoms with Gasteiger partial charge in [-0.15, -0.1) is 0 Å². The topological polar surface area (TPSA) is 28.7 Å². The Labute approximate surface area is 53.9 Å². The zero-order valence-electron chi connectivity index (χ0n) is 5.04. The maximum Gasteiger partial charge on any atom is 0.129 e. The number of hydrogen-bond acceptors (Lipinski definition) is 1. The lowest BCUT2D eigenvalue weighted by Gasteiger charge is -1.77. The molecule has 0 aliphatic carbocycles. The fraction of sp³-hybridized carbons (Fsp3) is 0. The van der Waals surface area contributed by atoms with Crippen molar-refractivity contribution in [3.8, 4) is 0 Å². The summed E-state index contributed by atoms with van der Waals surface area (Å²) in [6.07, 6.45) is 8.89. The summed E-state index contributed by atoms with van der Waals surface area (Å²) in [6.45, 7) is 3.53. The molecule has 1 rings (SSSR count). The van der Waals surface area contributed by atoms with E-state index < -0.39 is 0 Å². The van der Waals surface area contributed by atoms with Gasteiger partial charge in [0.05, 0.1) is 0 Å². The van der Waals surface area contributed by atoms with Gasteiger partial charge in [0.15, 0.2) is 0 Å². The first kappa shape index (κ1) is 5.82. The Kier molecular flexibility index (Phi) is 1.85. The highest BCUT2D eigenvalue weighted by Gasteiger charge is 1.80. The van der Waals surface area contributed by atoms with Crippen molar-refractivity contribution in [1.82, 2.24) is 9.97 Å². The highest BCUT2D eigenvalue weighted by Crippen LogP contribution is 1.90. The van der Waals surface area contributed by atoms with Crippen LogP contribution in [0.1, 0.15) is 5.82 Å². The van der Waals surface area contributed by atoms with Crippen molar-refractivity contribution in [2.24, 2.45) is 0 Å². The van der Waals surface area contributed by atoms with Crippen LogP contribution in [0.15, 0.2) is 31.1 Å². The van der Waals surface area contributed by atoms with Gasteiger partial charge in [0.25, 0.3) is 0 Å². The minimum Gasteiger partial charge on any atom is -0.345 e. The number of H-pyrrole nitrogens is 1. The first-order valence-electron chi connectivity index (χ1n) is 2.72. The van der Waals surface area contributed by atoms with Gasteiger partial charge in [-0.05, 0) is 6.08 Å². The summed E-state index contributed by atoms with van der Waals surface area (Å²) in [5, 5.41) is 0. The van der Waals surface area contributed by atoms with E-state index in [1.165, 1.54) is 0 Å². The molecule has 0 saturated carbocycles. The number of allylic oxidation sites excluding steroid dienone is 2. The Bertz CT molecular complexity index is 197. The van der Waals surface area contributed by atoms with E-state index in [1.54, 1.807) is 18.5 Å². The molecule has 1 aromatic heterocycles. The van der Waals surface area contributed by atoms with Gasteiger partial charge in [-0.3, -0.25) is 0 Å². The monoisotopic (exact) mass is 120 g/mol. The lowest BCUT2D eigenvalue weighted by Crippen LogP contribution is -1.70. The fourth-order valence-electron chi connectivity index (χ4n) is 0.528. The molecule has 2 heteroatoms. The third kappa shape index (κ3) is 1.57. The molecule has 1 N–H and O–H groups in total. The summed E-state index contributed by atoms with van der Waals surface area (Å²) in [4.78, 5) is 6.89.